The molecule has 2 heterocycles. The number of hydrogen-bond donors (Lipinski definition) is 0. The zero-order valence-corrected chi connectivity index (χ0v) is 20.0. The quantitative estimate of drug-likeness (QED) is 0.231. The second-order valence-electron chi connectivity index (χ2n) is 9.64. The van der Waals surface area contributed by atoms with Crippen LogP contribution in [0.15, 0.2) is 115 Å². The standard InChI is InChI=1S/C32H24N2O3/c35-31-28-29(27-25-17-9-7-13-22(25)19-23-14-8-10-18-26(23)27)34(24-15-5-2-6-16-24)37-30(28)32(36)33(31)20-21-11-3-1-4-12-21/h1-19,28-30H,20H2/t28-,29+,30-/m0/s1. The summed E-state index contributed by atoms with van der Waals surface area (Å²) in [6, 6.07) is 37.5. The van der Waals surface area contributed by atoms with Crippen LogP contribution in [0, 0.1) is 5.92 Å². The summed E-state index contributed by atoms with van der Waals surface area (Å²) >= 11 is 0. The lowest BCUT2D eigenvalue weighted by molar-refractivity contribution is -0.143. The number of carbonyl (C=O) groups excluding carboxylic acids is 2. The second-order valence-corrected chi connectivity index (χ2v) is 9.64. The Morgan fingerprint density at radius 2 is 1.22 bits per heavy atom. The number of hydrogen-bond acceptors (Lipinski definition) is 4. The molecule has 0 radical (unpaired) electrons. The summed E-state index contributed by atoms with van der Waals surface area (Å²) in [7, 11) is 0. The molecule has 0 N–H and O–H groups in total. The molecular weight excluding hydrogens is 460 g/mol. The zero-order valence-electron chi connectivity index (χ0n) is 20.0. The van der Waals surface area contributed by atoms with Gasteiger partial charge in [-0.1, -0.05) is 97.1 Å². The van der Waals surface area contributed by atoms with Gasteiger partial charge in [-0.15, -0.1) is 0 Å². The lowest BCUT2D eigenvalue weighted by atomic mass is 9.84. The van der Waals surface area contributed by atoms with Gasteiger partial charge in [-0.05, 0) is 50.9 Å². The number of benzene rings is 5. The Bertz CT molecular complexity index is 1600. The van der Waals surface area contributed by atoms with Gasteiger partial charge < -0.3 is 0 Å². The number of anilines is 1. The first-order valence-corrected chi connectivity index (χ1v) is 12.5. The van der Waals surface area contributed by atoms with Gasteiger partial charge >= 0.3 is 0 Å². The van der Waals surface area contributed by atoms with E-state index < -0.39 is 18.1 Å². The Kier molecular flexibility index (Phi) is 5.05. The maximum atomic E-state index is 14.0. The average Bonchev–Trinajstić information content (AvgIpc) is 3.44. The number of para-hydroxylation sites is 1. The van der Waals surface area contributed by atoms with Crippen molar-refractivity contribution in [1.29, 1.82) is 0 Å². The number of nitrogens with zero attached hydrogens (tertiary/aromatic N) is 2. The van der Waals surface area contributed by atoms with Gasteiger partial charge in [0.05, 0.1) is 18.3 Å². The number of rotatable bonds is 4. The second kappa shape index (κ2) is 8.57. The van der Waals surface area contributed by atoms with Crippen molar-refractivity contribution < 1.29 is 14.4 Å². The molecule has 2 saturated heterocycles. The highest BCUT2D eigenvalue weighted by Gasteiger charge is 2.60. The molecule has 0 aromatic heterocycles. The Labute approximate surface area is 214 Å². The highest BCUT2D eigenvalue weighted by Crippen LogP contribution is 2.50. The molecule has 2 fully saturated rings. The van der Waals surface area contributed by atoms with E-state index in [1.165, 1.54) is 4.90 Å². The molecule has 37 heavy (non-hydrogen) atoms. The van der Waals surface area contributed by atoms with Crippen molar-refractivity contribution in [3.63, 3.8) is 0 Å². The van der Waals surface area contributed by atoms with Gasteiger partial charge in [0.1, 0.15) is 5.92 Å². The molecule has 0 spiro atoms. The van der Waals surface area contributed by atoms with Crippen molar-refractivity contribution in [2.24, 2.45) is 5.92 Å². The minimum absolute atomic E-state index is 0.195. The monoisotopic (exact) mass is 484 g/mol. The summed E-state index contributed by atoms with van der Waals surface area (Å²) in [5.41, 5.74) is 2.73. The van der Waals surface area contributed by atoms with Crippen molar-refractivity contribution in [1.82, 2.24) is 4.90 Å². The summed E-state index contributed by atoms with van der Waals surface area (Å²) in [5, 5.41) is 6.08. The first kappa shape index (κ1) is 21.8. The van der Waals surface area contributed by atoms with Crippen molar-refractivity contribution >= 4 is 39.0 Å². The van der Waals surface area contributed by atoms with Crippen LogP contribution in [0.1, 0.15) is 17.2 Å². The molecule has 3 atom stereocenters. The van der Waals surface area contributed by atoms with Crippen LogP contribution in [0.25, 0.3) is 21.5 Å². The molecule has 5 aromatic carbocycles. The summed E-state index contributed by atoms with van der Waals surface area (Å²) in [6.45, 7) is 0.239. The Morgan fingerprint density at radius 3 is 1.86 bits per heavy atom. The SMILES string of the molecule is O=C1[C@@H]2[C@H](ON(c3ccccc3)[C@@H]2c2c3ccccc3cc3ccccc23)C(=O)N1Cc1ccccc1. The molecule has 2 aliphatic heterocycles. The summed E-state index contributed by atoms with van der Waals surface area (Å²) < 4.78 is 0. The van der Waals surface area contributed by atoms with E-state index in [0.29, 0.717) is 0 Å². The minimum Gasteiger partial charge on any atom is -0.275 e. The summed E-state index contributed by atoms with van der Waals surface area (Å²) in [4.78, 5) is 35.4. The van der Waals surface area contributed by atoms with Crippen LogP contribution in [0.4, 0.5) is 5.69 Å². The molecule has 7 rings (SSSR count). The summed E-state index contributed by atoms with van der Waals surface area (Å²) in [6.07, 6.45) is -0.876. The van der Waals surface area contributed by atoms with Crippen LogP contribution in [-0.4, -0.2) is 22.8 Å². The fraction of sp³-hybridized carbons (Fsp3) is 0.125. The van der Waals surface area contributed by atoms with Gasteiger partial charge in [0.15, 0.2) is 6.10 Å². The fourth-order valence-electron chi connectivity index (χ4n) is 5.85. The first-order valence-electron chi connectivity index (χ1n) is 12.5. The lowest BCUT2D eigenvalue weighted by Gasteiger charge is -2.30. The van der Waals surface area contributed by atoms with E-state index in [-0.39, 0.29) is 18.4 Å². The Balaban J connectivity index is 1.43. The van der Waals surface area contributed by atoms with Crippen molar-refractivity contribution in [3.05, 3.63) is 126 Å². The highest BCUT2D eigenvalue weighted by molar-refractivity contribution is 6.09. The van der Waals surface area contributed by atoms with E-state index in [1.54, 1.807) is 5.06 Å². The Hall–Kier alpha value is -4.48. The van der Waals surface area contributed by atoms with Crippen LogP contribution < -0.4 is 5.06 Å². The predicted molar refractivity (Wildman–Crippen MR) is 143 cm³/mol. The molecule has 5 nitrogen and oxygen atoms in total. The maximum Gasteiger partial charge on any atom is 0.262 e. The largest absolute Gasteiger partial charge is 0.275 e. The predicted octanol–water partition coefficient (Wildman–Crippen LogP) is 6.04. The van der Waals surface area contributed by atoms with Gasteiger partial charge in [-0.3, -0.25) is 19.3 Å². The van der Waals surface area contributed by atoms with Gasteiger partial charge in [0, 0.05) is 0 Å². The molecule has 180 valence electrons. The Morgan fingerprint density at radius 1 is 0.649 bits per heavy atom. The van der Waals surface area contributed by atoms with Crippen molar-refractivity contribution in [3.8, 4) is 0 Å². The molecule has 0 bridgehead atoms. The molecule has 0 saturated carbocycles. The fourth-order valence-corrected chi connectivity index (χ4v) is 5.85. The number of amides is 2. The molecule has 2 aliphatic rings. The lowest BCUT2D eigenvalue weighted by Crippen LogP contribution is -2.37. The normalized spacial score (nSPS) is 21.2. The van der Waals surface area contributed by atoms with Crippen LogP contribution >= 0.6 is 0 Å². The minimum atomic E-state index is -0.876. The van der Waals surface area contributed by atoms with Crippen molar-refractivity contribution in [2.75, 3.05) is 5.06 Å². The van der Waals surface area contributed by atoms with E-state index in [4.69, 9.17) is 4.84 Å². The van der Waals surface area contributed by atoms with Crippen LogP contribution in [-0.2, 0) is 21.0 Å². The smallest absolute Gasteiger partial charge is 0.262 e. The third kappa shape index (κ3) is 3.43. The number of carbonyl (C=O) groups is 2. The number of hydroxylamine groups is 1. The van der Waals surface area contributed by atoms with E-state index in [1.807, 2.05) is 84.9 Å². The molecule has 5 aromatic rings. The van der Waals surface area contributed by atoms with Crippen LogP contribution in [0.2, 0.25) is 0 Å². The van der Waals surface area contributed by atoms with Crippen LogP contribution in [0.3, 0.4) is 0 Å². The van der Waals surface area contributed by atoms with Crippen molar-refractivity contribution in [2.45, 2.75) is 18.7 Å². The zero-order chi connectivity index (χ0) is 24.9. The molecule has 5 heteroatoms. The van der Waals surface area contributed by atoms with Gasteiger partial charge in [0.25, 0.3) is 5.91 Å². The third-order valence-corrected chi connectivity index (χ3v) is 7.51. The first-order chi connectivity index (χ1) is 18.2. The average molecular weight is 485 g/mol. The van der Waals surface area contributed by atoms with Gasteiger partial charge in [0.2, 0.25) is 5.91 Å². The van der Waals surface area contributed by atoms with E-state index in [2.05, 4.69) is 30.3 Å². The van der Waals surface area contributed by atoms with Gasteiger partial charge in [-0.25, -0.2) is 5.06 Å². The van der Waals surface area contributed by atoms with Crippen LogP contribution in [0.5, 0.6) is 0 Å². The number of fused-ring (bicyclic) bond motifs is 3. The van der Waals surface area contributed by atoms with Gasteiger partial charge in [-0.2, -0.15) is 0 Å². The number of imide groups is 1. The highest BCUT2D eigenvalue weighted by atomic mass is 16.7. The van der Waals surface area contributed by atoms with E-state index in [0.717, 1.165) is 38.4 Å². The third-order valence-electron chi connectivity index (χ3n) is 7.51. The number of likely N-dealkylation sites (tertiary alicyclic amines) is 1. The topological polar surface area (TPSA) is 49.9 Å². The molecular formula is C32H24N2O3. The molecule has 2 amide bonds. The van der Waals surface area contributed by atoms with E-state index >= 15 is 0 Å². The molecule has 0 unspecified atom stereocenters. The summed E-state index contributed by atoms with van der Waals surface area (Å²) in [5.74, 6) is -1.14. The van der Waals surface area contributed by atoms with E-state index in [9.17, 15) is 9.59 Å². The molecule has 0 aliphatic carbocycles. The maximum absolute atomic E-state index is 14.0.